The van der Waals surface area contributed by atoms with E-state index in [-0.39, 0.29) is 24.3 Å². The normalized spacial score (nSPS) is 15.1. The minimum Gasteiger partial charge on any atom is -0.495 e. The highest BCUT2D eigenvalue weighted by Gasteiger charge is 2.21. The summed E-state index contributed by atoms with van der Waals surface area (Å²) in [6, 6.07) is 5.12. The topological polar surface area (TPSA) is 113 Å². The van der Waals surface area contributed by atoms with Gasteiger partial charge in [-0.05, 0) is 18.2 Å². The number of aromatic nitrogens is 2. The molecule has 1 fully saturated rings. The molecular weight excluding hydrogens is 400 g/mol. The van der Waals surface area contributed by atoms with Crippen molar-refractivity contribution in [3.63, 3.8) is 0 Å². The number of nitrogens with one attached hydrogen (secondary N) is 2. The van der Waals surface area contributed by atoms with Crippen LogP contribution in [0.15, 0.2) is 22.7 Å². The van der Waals surface area contributed by atoms with Gasteiger partial charge in [0, 0.05) is 44.7 Å². The Morgan fingerprint density at radius 2 is 1.87 bits per heavy atom. The highest BCUT2D eigenvalue weighted by atomic mass is 16.5. The van der Waals surface area contributed by atoms with Crippen LogP contribution in [0.4, 0.5) is 11.4 Å². The Bertz CT molecular complexity index is 905. The van der Waals surface area contributed by atoms with Crippen molar-refractivity contribution in [2.24, 2.45) is 0 Å². The van der Waals surface area contributed by atoms with Gasteiger partial charge < -0.3 is 19.9 Å². The van der Waals surface area contributed by atoms with Crippen LogP contribution in [0.2, 0.25) is 0 Å². The van der Waals surface area contributed by atoms with Gasteiger partial charge in [0.1, 0.15) is 5.75 Å². The summed E-state index contributed by atoms with van der Waals surface area (Å²) in [5.41, 5.74) is 1.12. The second kappa shape index (κ2) is 10.4. The molecule has 0 atom stereocenters. The number of methoxy groups -OCH3 is 1. The van der Waals surface area contributed by atoms with Crippen LogP contribution in [0.5, 0.6) is 5.75 Å². The van der Waals surface area contributed by atoms with Crippen molar-refractivity contribution in [1.82, 2.24) is 19.9 Å². The van der Waals surface area contributed by atoms with Gasteiger partial charge in [-0.2, -0.15) is 4.98 Å². The predicted molar refractivity (Wildman–Crippen MR) is 116 cm³/mol. The Hall–Kier alpha value is -2.98. The van der Waals surface area contributed by atoms with Crippen LogP contribution in [0.1, 0.15) is 38.4 Å². The molecule has 0 saturated carbocycles. The van der Waals surface area contributed by atoms with Crippen LogP contribution in [-0.4, -0.2) is 71.6 Å². The molecule has 1 aliphatic rings. The molecule has 1 aromatic carbocycles. The molecule has 2 heterocycles. The smallest absolute Gasteiger partial charge is 0.240 e. The van der Waals surface area contributed by atoms with E-state index in [4.69, 9.17) is 9.26 Å². The van der Waals surface area contributed by atoms with Crippen molar-refractivity contribution in [2.75, 3.05) is 50.5 Å². The third-order valence-electron chi connectivity index (χ3n) is 4.99. The van der Waals surface area contributed by atoms with Crippen molar-refractivity contribution in [3.05, 3.63) is 29.9 Å². The van der Waals surface area contributed by atoms with E-state index in [1.165, 1.54) is 14.0 Å². The number of hydrogen-bond acceptors (Lipinski definition) is 8. The lowest BCUT2D eigenvalue weighted by Gasteiger charge is -2.33. The molecule has 1 aromatic heterocycles. The summed E-state index contributed by atoms with van der Waals surface area (Å²) >= 11 is 0. The fraction of sp³-hybridized carbons (Fsp3) is 0.524. The van der Waals surface area contributed by atoms with Crippen molar-refractivity contribution in [1.29, 1.82) is 0 Å². The van der Waals surface area contributed by atoms with E-state index in [1.54, 1.807) is 18.2 Å². The summed E-state index contributed by atoms with van der Waals surface area (Å²) in [6.07, 6.45) is 0. The second-order valence-corrected chi connectivity index (χ2v) is 7.90. The van der Waals surface area contributed by atoms with Crippen molar-refractivity contribution < 1.29 is 18.8 Å². The molecule has 0 spiro atoms. The van der Waals surface area contributed by atoms with E-state index in [0.717, 1.165) is 32.0 Å². The molecule has 1 saturated heterocycles. The number of rotatable bonds is 8. The Morgan fingerprint density at radius 1 is 1.16 bits per heavy atom. The molecule has 0 bridgehead atoms. The van der Waals surface area contributed by atoms with E-state index < -0.39 is 0 Å². The van der Waals surface area contributed by atoms with Gasteiger partial charge in [0.2, 0.25) is 17.7 Å². The zero-order chi connectivity index (χ0) is 22.4. The summed E-state index contributed by atoms with van der Waals surface area (Å²) in [4.78, 5) is 32.6. The maximum absolute atomic E-state index is 12.6. The van der Waals surface area contributed by atoms with Gasteiger partial charge >= 0.3 is 0 Å². The summed E-state index contributed by atoms with van der Waals surface area (Å²) < 4.78 is 10.6. The predicted octanol–water partition coefficient (Wildman–Crippen LogP) is 1.92. The first-order valence-electron chi connectivity index (χ1n) is 10.4. The molecule has 3 rings (SSSR count). The number of nitrogens with zero attached hydrogens (tertiary/aromatic N) is 4. The maximum atomic E-state index is 12.6. The van der Waals surface area contributed by atoms with Crippen molar-refractivity contribution in [2.45, 2.75) is 33.2 Å². The van der Waals surface area contributed by atoms with Crippen LogP contribution < -0.4 is 15.4 Å². The Kier molecular flexibility index (Phi) is 7.59. The maximum Gasteiger partial charge on any atom is 0.240 e. The van der Waals surface area contributed by atoms with Crippen LogP contribution >= 0.6 is 0 Å². The lowest BCUT2D eigenvalue weighted by Crippen LogP contribution is -2.48. The quantitative estimate of drug-likeness (QED) is 0.653. The standard InChI is InChI=1S/C21H30N6O4/c1-14(2)21-24-20(31-25-21)13-27-9-7-26(8-10-27)12-19(29)23-17-11-16(22-15(3)28)5-6-18(17)30-4/h5-6,11,14H,7-10,12-13H2,1-4H3,(H,22,28)(H,23,29). The molecule has 2 amide bonds. The van der Waals surface area contributed by atoms with Crippen molar-refractivity contribution in [3.8, 4) is 5.75 Å². The summed E-state index contributed by atoms with van der Waals surface area (Å²) in [7, 11) is 1.54. The van der Waals surface area contributed by atoms with E-state index in [1.807, 2.05) is 13.8 Å². The first kappa shape index (κ1) is 22.7. The Balaban J connectivity index is 1.49. The highest BCUT2D eigenvalue weighted by molar-refractivity contribution is 5.95. The number of anilines is 2. The molecule has 10 nitrogen and oxygen atoms in total. The summed E-state index contributed by atoms with van der Waals surface area (Å²) in [5.74, 6) is 1.81. The molecule has 0 aliphatic carbocycles. The third kappa shape index (κ3) is 6.50. The van der Waals surface area contributed by atoms with E-state index >= 15 is 0 Å². The first-order valence-corrected chi connectivity index (χ1v) is 10.4. The second-order valence-electron chi connectivity index (χ2n) is 7.90. The van der Waals surface area contributed by atoms with Crippen molar-refractivity contribution >= 4 is 23.2 Å². The Morgan fingerprint density at radius 3 is 2.48 bits per heavy atom. The average molecular weight is 431 g/mol. The largest absolute Gasteiger partial charge is 0.495 e. The molecule has 0 unspecified atom stereocenters. The zero-order valence-electron chi connectivity index (χ0n) is 18.5. The molecule has 0 radical (unpaired) electrons. The lowest BCUT2D eigenvalue weighted by molar-refractivity contribution is -0.117. The number of carbonyl (C=O) groups excluding carboxylic acids is 2. The number of amides is 2. The molecule has 168 valence electrons. The number of benzene rings is 1. The van der Waals surface area contributed by atoms with Gasteiger partial charge in [-0.25, -0.2) is 0 Å². The van der Waals surface area contributed by atoms with Crippen LogP contribution in [0, 0.1) is 0 Å². The van der Waals surface area contributed by atoms with Gasteiger partial charge in [-0.1, -0.05) is 19.0 Å². The zero-order valence-corrected chi connectivity index (χ0v) is 18.5. The number of carbonyl (C=O) groups is 2. The van der Waals surface area contributed by atoms with E-state index in [2.05, 4.69) is 30.6 Å². The first-order chi connectivity index (χ1) is 14.8. The highest BCUT2D eigenvalue weighted by Crippen LogP contribution is 2.28. The van der Waals surface area contributed by atoms with Gasteiger partial charge in [0.15, 0.2) is 5.82 Å². The van der Waals surface area contributed by atoms with Crippen LogP contribution in [0.3, 0.4) is 0 Å². The van der Waals surface area contributed by atoms with Gasteiger partial charge in [0.25, 0.3) is 0 Å². The van der Waals surface area contributed by atoms with E-state index in [9.17, 15) is 9.59 Å². The molecular formula is C21H30N6O4. The summed E-state index contributed by atoms with van der Waals surface area (Å²) in [6.45, 7) is 9.55. The average Bonchev–Trinajstić information content (AvgIpc) is 3.18. The Labute approximate surface area is 181 Å². The molecule has 10 heteroatoms. The van der Waals surface area contributed by atoms with Gasteiger partial charge in [-0.3, -0.25) is 19.4 Å². The van der Waals surface area contributed by atoms with Gasteiger partial charge in [-0.15, -0.1) is 0 Å². The summed E-state index contributed by atoms with van der Waals surface area (Å²) in [5, 5.41) is 9.59. The monoisotopic (exact) mass is 430 g/mol. The fourth-order valence-corrected chi connectivity index (χ4v) is 3.34. The number of piperazine rings is 1. The minimum atomic E-state index is -0.179. The lowest BCUT2D eigenvalue weighted by atomic mass is 10.2. The van der Waals surface area contributed by atoms with Gasteiger partial charge in [0.05, 0.1) is 25.9 Å². The fourth-order valence-electron chi connectivity index (χ4n) is 3.34. The third-order valence-corrected chi connectivity index (χ3v) is 4.99. The molecule has 2 N–H and O–H groups in total. The molecule has 1 aliphatic heterocycles. The van der Waals surface area contributed by atoms with Crippen LogP contribution in [0.25, 0.3) is 0 Å². The molecule has 31 heavy (non-hydrogen) atoms. The van der Waals surface area contributed by atoms with E-state index in [0.29, 0.717) is 29.6 Å². The molecule has 2 aromatic rings. The van der Waals surface area contributed by atoms with Crippen LogP contribution in [-0.2, 0) is 16.1 Å². The minimum absolute atomic E-state index is 0.134. The SMILES string of the molecule is COc1ccc(NC(C)=O)cc1NC(=O)CN1CCN(Cc2nc(C(C)C)no2)CC1. The number of ether oxygens (including phenoxy) is 1. The number of hydrogen-bond donors (Lipinski definition) is 2.